The van der Waals surface area contributed by atoms with Gasteiger partial charge in [-0.3, -0.25) is 9.69 Å². The fourth-order valence-corrected chi connectivity index (χ4v) is 7.85. The van der Waals surface area contributed by atoms with Crippen LogP contribution in [0.5, 0.6) is 0 Å². The number of likely N-dealkylation sites (N-methyl/N-ethyl adjacent to an activating group) is 1. The topological polar surface area (TPSA) is 121 Å². The fraction of sp³-hybridized carbons (Fsp3) is 0.588. The summed E-state index contributed by atoms with van der Waals surface area (Å²) >= 11 is 0.972. The average molecular weight is 474 g/mol. The fourth-order valence-electron chi connectivity index (χ4n) is 3.87. The highest BCUT2D eigenvalue weighted by molar-refractivity contribution is 7.91. The van der Waals surface area contributed by atoms with Gasteiger partial charge >= 0.3 is 0 Å². The number of amides is 1. The molecule has 4 rings (SSSR count). The highest BCUT2D eigenvalue weighted by Gasteiger charge is 2.34. The number of hydrogen-bond acceptors (Lipinski definition) is 9. The molecule has 2 saturated heterocycles. The Balaban J connectivity index is 1.37. The Hall–Kier alpha value is -1.67. The molecule has 2 aliphatic rings. The van der Waals surface area contributed by atoms with E-state index in [1.54, 1.807) is 29.0 Å². The van der Waals surface area contributed by atoms with E-state index in [0.717, 1.165) is 11.7 Å². The molecule has 3 heterocycles. The number of hydrogen-bond donors (Lipinski definition) is 0. The number of benzene rings is 1. The minimum Gasteiger partial charge on any atom is -0.339 e. The van der Waals surface area contributed by atoms with E-state index in [0.29, 0.717) is 30.5 Å². The molecule has 2 fully saturated rings. The molecule has 2 aliphatic heterocycles. The zero-order valence-corrected chi connectivity index (χ0v) is 18.9. The molecule has 0 aliphatic carbocycles. The van der Waals surface area contributed by atoms with Crippen molar-refractivity contribution in [2.45, 2.75) is 17.4 Å². The summed E-state index contributed by atoms with van der Waals surface area (Å²) in [6, 6.07) is 4.75. The van der Waals surface area contributed by atoms with E-state index < -0.39 is 19.9 Å². The number of carbonyl (C=O) groups excluding carboxylic acids is 1. The van der Waals surface area contributed by atoms with Gasteiger partial charge in [0.25, 0.3) is 0 Å². The lowest BCUT2D eigenvalue weighted by Crippen LogP contribution is -2.53. The Morgan fingerprint density at radius 3 is 2.63 bits per heavy atom. The van der Waals surface area contributed by atoms with Crippen molar-refractivity contribution < 1.29 is 21.6 Å². The Labute approximate surface area is 179 Å². The van der Waals surface area contributed by atoms with Gasteiger partial charge in [-0.1, -0.05) is 6.07 Å². The lowest BCUT2D eigenvalue weighted by Gasteiger charge is -2.35. The van der Waals surface area contributed by atoms with Crippen LogP contribution in [0.3, 0.4) is 0 Å². The largest absolute Gasteiger partial charge is 0.339 e. The quantitative estimate of drug-likeness (QED) is 0.577. The third kappa shape index (κ3) is 4.21. The van der Waals surface area contributed by atoms with E-state index in [1.165, 1.54) is 10.4 Å². The van der Waals surface area contributed by atoms with Crippen LogP contribution in [0.1, 0.15) is 6.42 Å². The number of aromatic nitrogens is 2. The predicted molar refractivity (Wildman–Crippen MR) is 112 cm³/mol. The SMILES string of the molecule is CN(CC(=O)N1CCN(S(=O)(=O)c2cccc3nsnc23)CC1)[C@H]1CCS(=O)(=O)C1. The number of piperazine rings is 1. The van der Waals surface area contributed by atoms with Crippen LogP contribution in [-0.4, -0.2) is 103 Å². The summed E-state index contributed by atoms with van der Waals surface area (Å²) < 4.78 is 59.1. The summed E-state index contributed by atoms with van der Waals surface area (Å²) in [6.07, 6.45) is 0.537. The van der Waals surface area contributed by atoms with Crippen molar-refractivity contribution in [2.75, 3.05) is 51.3 Å². The molecule has 13 heteroatoms. The van der Waals surface area contributed by atoms with E-state index in [9.17, 15) is 21.6 Å². The van der Waals surface area contributed by atoms with Crippen molar-refractivity contribution in [1.82, 2.24) is 22.9 Å². The van der Waals surface area contributed by atoms with Gasteiger partial charge in [-0.2, -0.15) is 13.1 Å². The van der Waals surface area contributed by atoms with Gasteiger partial charge in [0.15, 0.2) is 9.84 Å². The summed E-state index contributed by atoms with van der Waals surface area (Å²) in [4.78, 5) is 16.2. The summed E-state index contributed by atoms with van der Waals surface area (Å²) in [5, 5.41) is 0. The Bertz CT molecular complexity index is 1160. The average Bonchev–Trinajstić information content (AvgIpc) is 3.33. The molecule has 0 spiro atoms. The van der Waals surface area contributed by atoms with Crippen molar-refractivity contribution in [2.24, 2.45) is 0 Å². The smallest absolute Gasteiger partial charge is 0.245 e. The summed E-state index contributed by atoms with van der Waals surface area (Å²) in [6.45, 7) is 1.10. The van der Waals surface area contributed by atoms with Crippen LogP contribution in [0.25, 0.3) is 11.0 Å². The van der Waals surface area contributed by atoms with Gasteiger partial charge in [-0.25, -0.2) is 16.8 Å². The third-order valence-corrected chi connectivity index (χ3v) is 9.90. The number of rotatable bonds is 5. The highest BCUT2D eigenvalue weighted by atomic mass is 32.2. The minimum atomic E-state index is -3.73. The maximum Gasteiger partial charge on any atom is 0.245 e. The van der Waals surface area contributed by atoms with Crippen molar-refractivity contribution in [3.05, 3.63) is 18.2 Å². The normalized spacial score (nSPS) is 22.7. The number of sulfonamides is 1. The van der Waals surface area contributed by atoms with Crippen molar-refractivity contribution in [1.29, 1.82) is 0 Å². The molecule has 1 aromatic carbocycles. The zero-order chi connectivity index (χ0) is 21.5. The molecule has 1 atom stereocenters. The monoisotopic (exact) mass is 473 g/mol. The van der Waals surface area contributed by atoms with E-state index in [2.05, 4.69) is 8.75 Å². The molecule has 0 N–H and O–H groups in total. The first-order valence-corrected chi connectivity index (χ1v) is 13.6. The maximum absolute atomic E-state index is 13.1. The second-order valence-corrected chi connectivity index (χ2v) is 12.3. The van der Waals surface area contributed by atoms with E-state index >= 15 is 0 Å². The third-order valence-electron chi connectivity index (χ3n) is 5.67. The maximum atomic E-state index is 13.1. The molecule has 30 heavy (non-hydrogen) atoms. The van der Waals surface area contributed by atoms with Crippen LogP contribution in [0.2, 0.25) is 0 Å². The van der Waals surface area contributed by atoms with Crippen molar-refractivity contribution in [3.63, 3.8) is 0 Å². The van der Waals surface area contributed by atoms with Gasteiger partial charge in [0.2, 0.25) is 15.9 Å². The molecule has 1 amide bonds. The molecule has 0 radical (unpaired) electrons. The van der Waals surface area contributed by atoms with Gasteiger partial charge in [0.1, 0.15) is 15.9 Å². The van der Waals surface area contributed by atoms with Gasteiger partial charge in [-0.15, -0.1) is 0 Å². The van der Waals surface area contributed by atoms with Gasteiger partial charge in [0.05, 0.1) is 29.8 Å². The minimum absolute atomic E-state index is 0.0832. The summed E-state index contributed by atoms with van der Waals surface area (Å²) in [5.41, 5.74) is 0.918. The van der Waals surface area contributed by atoms with Gasteiger partial charge in [0, 0.05) is 32.2 Å². The van der Waals surface area contributed by atoms with Crippen molar-refractivity contribution >= 4 is 48.5 Å². The standard InChI is InChI=1S/C17H23N5O5S3/c1-20(13-5-10-29(24,25)12-13)11-16(23)21-6-8-22(9-7-21)30(26,27)15-4-2-3-14-17(15)19-28-18-14/h2-4,13H,5-12H2,1H3/t13-/m0/s1. The first-order valence-electron chi connectivity index (χ1n) is 9.57. The van der Waals surface area contributed by atoms with Crippen LogP contribution in [0.15, 0.2) is 23.1 Å². The lowest BCUT2D eigenvalue weighted by molar-refractivity contribution is -0.133. The number of fused-ring (bicyclic) bond motifs is 1. The second-order valence-electron chi connectivity index (χ2n) is 7.64. The van der Waals surface area contributed by atoms with Crippen LogP contribution in [0.4, 0.5) is 0 Å². The van der Waals surface area contributed by atoms with Crippen LogP contribution in [0, 0.1) is 0 Å². The first-order chi connectivity index (χ1) is 14.2. The zero-order valence-electron chi connectivity index (χ0n) is 16.5. The number of carbonyl (C=O) groups is 1. The Morgan fingerprint density at radius 2 is 1.97 bits per heavy atom. The van der Waals surface area contributed by atoms with E-state index in [-0.39, 0.29) is 48.0 Å². The Morgan fingerprint density at radius 1 is 1.23 bits per heavy atom. The van der Waals surface area contributed by atoms with Crippen LogP contribution in [-0.2, 0) is 24.7 Å². The van der Waals surface area contributed by atoms with Crippen LogP contribution >= 0.6 is 11.7 Å². The molecule has 0 unspecified atom stereocenters. The second kappa shape index (κ2) is 8.11. The summed E-state index contributed by atoms with van der Waals surface area (Å²) in [7, 11) is -4.99. The summed E-state index contributed by atoms with van der Waals surface area (Å²) in [5.74, 6) is 0.123. The first kappa shape index (κ1) is 21.6. The van der Waals surface area contributed by atoms with E-state index in [4.69, 9.17) is 0 Å². The molecule has 164 valence electrons. The molecule has 2 aromatic rings. The van der Waals surface area contributed by atoms with Gasteiger partial charge < -0.3 is 4.90 Å². The molecular weight excluding hydrogens is 450 g/mol. The Kier molecular flexibility index (Phi) is 5.83. The molecule has 0 bridgehead atoms. The van der Waals surface area contributed by atoms with Gasteiger partial charge in [-0.05, 0) is 25.6 Å². The molecule has 0 saturated carbocycles. The molecular formula is C17H23N5O5S3. The lowest BCUT2D eigenvalue weighted by atomic mass is 10.2. The number of sulfone groups is 1. The molecule has 1 aromatic heterocycles. The van der Waals surface area contributed by atoms with Crippen LogP contribution < -0.4 is 0 Å². The van der Waals surface area contributed by atoms with Crippen molar-refractivity contribution in [3.8, 4) is 0 Å². The highest BCUT2D eigenvalue weighted by Crippen LogP contribution is 2.25. The number of nitrogens with zero attached hydrogens (tertiary/aromatic N) is 5. The van der Waals surface area contributed by atoms with E-state index in [1.807, 2.05) is 0 Å². The predicted octanol–water partition coefficient (Wildman–Crippen LogP) is -0.357. The molecule has 10 nitrogen and oxygen atoms in total.